The maximum atomic E-state index is 13.0. The number of hydrogen-bond donors (Lipinski definition) is 2. The van der Waals surface area contributed by atoms with Crippen LogP contribution in [0.2, 0.25) is 0 Å². The zero-order chi connectivity index (χ0) is 25.8. The van der Waals surface area contributed by atoms with Crippen LogP contribution in [0.1, 0.15) is 6.92 Å². The Hall–Kier alpha value is -3.29. The average Bonchev–Trinajstić information content (AvgIpc) is 2.87. The number of amides is 4. The molecule has 0 saturated carbocycles. The number of carbonyl (C=O) groups is 4. The van der Waals surface area contributed by atoms with Gasteiger partial charge in [-0.1, -0.05) is 12.1 Å². The Morgan fingerprint density at radius 2 is 1.71 bits per heavy atom. The van der Waals surface area contributed by atoms with Gasteiger partial charge in [-0.3, -0.25) is 19.2 Å². The summed E-state index contributed by atoms with van der Waals surface area (Å²) in [6.45, 7) is -1.75. The maximum absolute atomic E-state index is 13.0. The molecule has 0 spiro atoms. The minimum absolute atomic E-state index is 0.334. The van der Waals surface area contributed by atoms with Gasteiger partial charge in [0.15, 0.2) is 0 Å². The maximum Gasteiger partial charge on any atom is 0.455 e. The Bertz CT molecular complexity index is 956. The highest BCUT2D eigenvalue weighted by Crippen LogP contribution is 2.35. The third-order valence-electron chi connectivity index (χ3n) is 5.10. The fourth-order valence-electron chi connectivity index (χ4n) is 3.10. The van der Waals surface area contributed by atoms with Crippen LogP contribution in [0.4, 0.5) is 33.3 Å². The predicted octanol–water partition coefficient (Wildman–Crippen LogP) is 1.08. The highest BCUT2D eigenvalue weighted by Gasteiger charge is 2.57. The van der Waals surface area contributed by atoms with E-state index in [0.29, 0.717) is 11.4 Å². The Balaban J connectivity index is 2.18. The van der Waals surface area contributed by atoms with Gasteiger partial charge in [-0.25, -0.2) is 0 Å². The average molecular weight is 494 g/mol. The number of alkyl halides is 5. The van der Waals surface area contributed by atoms with Gasteiger partial charge in [-0.2, -0.15) is 22.0 Å². The number of methoxy groups -OCH3 is 1. The van der Waals surface area contributed by atoms with Crippen molar-refractivity contribution >= 4 is 35.0 Å². The van der Waals surface area contributed by atoms with Crippen LogP contribution in [-0.4, -0.2) is 75.6 Å². The van der Waals surface area contributed by atoms with E-state index in [4.69, 9.17) is 4.74 Å². The molecule has 2 unspecified atom stereocenters. The number of likely N-dealkylation sites (N-methyl/N-ethyl adjacent to an activating group) is 1. The summed E-state index contributed by atoms with van der Waals surface area (Å²) in [6.07, 6.45) is -5.88. The van der Waals surface area contributed by atoms with Crippen molar-refractivity contribution in [2.75, 3.05) is 43.7 Å². The molecule has 0 aromatic heterocycles. The SMILES string of the molecule is COCC(=O)N1CC(NC(=O)C(C)C(=O)NCC(F)(F)C(F)(F)F)C(=O)N(C)c2ccccc21. The molecule has 2 atom stereocenters. The van der Waals surface area contributed by atoms with Crippen molar-refractivity contribution in [3.05, 3.63) is 24.3 Å². The lowest BCUT2D eigenvalue weighted by Crippen LogP contribution is -2.55. The lowest BCUT2D eigenvalue weighted by Gasteiger charge is -2.25. The first-order valence-electron chi connectivity index (χ1n) is 9.89. The molecule has 1 heterocycles. The highest BCUT2D eigenvalue weighted by atomic mass is 19.4. The number of halogens is 5. The van der Waals surface area contributed by atoms with E-state index in [1.165, 1.54) is 29.3 Å². The third kappa shape index (κ3) is 5.79. The van der Waals surface area contributed by atoms with Crippen molar-refractivity contribution in [3.8, 4) is 0 Å². The summed E-state index contributed by atoms with van der Waals surface area (Å²) in [4.78, 5) is 52.5. The Morgan fingerprint density at radius 1 is 1.12 bits per heavy atom. The zero-order valence-corrected chi connectivity index (χ0v) is 18.4. The van der Waals surface area contributed by atoms with Gasteiger partial charge >= 0.3 is 12.1 Å². The summed E-state index contributed by atoms with van der Waals surface area (Å²) in [5.41, 5.74) is 0.714. The molecule has 0 fully saturated rings. The summed E-state index contributed by atoms with van der Waals surface area (Å²) in [7, 11) is 2.70. The van der Waals surface area contributed by atoms with E-state index < -0.39 is 54.2 Å². The molecule has 0 aliphatic carbocycles. The molecule has 0 bridgehead atoms. The summed E-state index contributed by atoms with van der Waals surface area (Å²) >= 11 is 0. The molecule has 1 aliphatic heterocycles. The van der Waals surface area contributed by atoms with Crippen LogP contribution < -0.4 is 20.4 Å². The van der Waals surface area contributed by atoms with E-state index in [2.05, 4.69) is 5.32 Å². The number of nitrogens with one attached hydrogen (secondary N) is 2. The van der Waals surface area contributed by atoms with Crippen LogP contribution in [0.25, 0.3) is 0 Å². The minimum Gasteiger partial charge on any atom is -0.375 e. The number of hydrogen-bond acceptors (Lipinski definition) is 5. The second-order valence-corrected chi connectivity index (χ2v) is 7.53. The molecule has 2 N–H and O–H groups in total. The first-order valence-corrected chi connectivity index (χ1v) is 9.89. The van der Waals surface area contributed by atoms with Gasteiger partial charge in [0.25, 0.3) is 11.8 Å². The quantitative estimate of drug-likeness (QED) is 0.436. The molecule has 0 radical (unpaired) electrons. The number of fused-ring (bicyclic) bond motifs is 1. The molecule has 14 heteroatoms. The van der Waals surface area contributed by atoms with Gasteiger partial charge in [0.2, 0.25) is 11.8 Å². The predicted molar refractivity (Wildman–Crippen MR) is 109 cm³/mol. The Morgan fingerprint density at radius 3 is 2.26 bits per heavy atom. The molecule has 9 nitrogen and oxygen atoms in total. The summed E-state index contributed by atoms with van der Waals surface area (Å²) in [5.74, 6) is -10.6. The molecule has 2 rings (SSSR count). The Kier molecular flexibility index (Phi) is 8.18. The second kappa shape index (κ2) is 10.3. The number of nitrogens with zero attached hydrogens (tertiary/aromatic N) is 2. The minimum atomic E-state index is -5.88. The van der Waals surface area contributed by atoms with Crippen molar-refractivity contribution in [1.82, 2.24) is 10.6 Å². The number of benzene rings is 1. The molecular weight excluding hydrogens is 471 g/mol. The van der Waals surface area contributed by atoms with E-state index >= 15 is 0 Å². The van der Waals surface area contributed by atoms with Gasteiger partial charge in [-0.15, -0.1) is 0 Å². The third-order valence-corrected chi connectivity index (χ3v) is 5.10. The van der Waals surface area contributed by atoms with Gasteiger partial charge in [0, 0.05) is 14.2 Å². The van der Waals surface area contributed by atoms with Crippen molar-refractivity contribution in [2.24, 2.45) is 5.92 Å². The standard InChI is InChI=1S/C20H23F5N4O5/c1-11(16(31)26-10-19(21,22)20(23,24)25)17(32)27-12-8-29(15(30)9-34-3)14-7-5-4-6-13(14)28(2)18(12)33/h4-7,11-12H,8-10H2,1-3H3,(H,26,31)(H,27,32). The van der Waals surface area contributed by atoms with Crippen molar-refractivity contribution in [1.29, 1.82) is 0 Å². The van der Waals surface area contributed by atoms with Gasteiger partial charge in [0.05, 0.1) is 24.5 Å². The molecule has 4 amide bonds. The summed E-state index contributed by atoms with van der Waals surface area (Å²) in [5, 5.41) is 3.66. The molecule has 1 aromatic carbocycles. The molecule has 1 aromatic rings. The lowest BCUT2D eigenvalue weighted by molar-refractivity contribution is -0.278. The fourth-order valence-corrected chi connectivity index (χ4v) is 3.10. The number of rotatable bonds is 7. The Labute approximate surface area is 191 Å². The second-order valence-electron chi connectivity index (χ2n) is 7.53. The fraction of sp³-hybridized carbons (Fsp3) is 0.500. The normalized spacial score (nSPS) is 17.5. The zero-order valence-electron chi connectivity index (χ0n) is 18.4. The summed E-state index contributed by atoms with van der Waals surface area (Å²) < 4.78 is 67.8. The molecule has 34 heavy (non-hydrogen) atoms. The largest absolute Gasteiger partial charge is 0.455 e. The van der Waals surface area contributed by atoms with Crippen molar-refractivity contribution in [3.63, 3.8) is 0 Å². The van der Waals surface area contributed by atoms with Gasteiger partial charge in [-0.05, 0) is 19.1 Å². The van der Waals surface area contributed by atoms with E-state index in [9.17, 15) is 41.1 Å². The number of anilines is 2. The van der Waals surface area contributed by atoms with Crippen LogP contribution in [0.15, 0.2) is 24.3 Å². The molecular formula is C20H23F5N4O5. The smallest absolute Gasteiger partial charge is 0.375 e. The first kappa shape index (κ1) is 27.0. The van der Waals surface area contributed by atoms with Gasteiger partial charge < -0.3 is 25.2 Å². The van der Waals surface area contributed by atoms with Crippen LogP contribution in [0, 0.1) is 5.92 Å². The van der Waals surface area contributed by atoms with E-state index in [-0.39, 0.29) is 13.2 Å². The van der Waals surface area contributed by atoms with Crippen LogP contribution in [0.5, 0.6) is 0 Å². The monoisotopic (exact) mass is 494 g/mol. The molecule has 0 saturated heterocycles. The van der Waals surface area contributed by atoms with Crippen LogP contribution >= 0.6 is 0 Å². The highest BCUT2D eigenvalue weighted by molar-refractivity contribution is 6.09. The van der Waals surface area contributed by atoms with Gasteiger partial charge in [0.1, 0.15) is 18.6 Å². The van der Waals surface area contributed by atoms with E-state index in [1.807, 2.05) is 0 Å². The van der Waals surface area contributed by atoms with Crippen molar-refractivity contribution < 1.29 is 45.9 Å². The lowest BCUT2D eigenvalue weighted by atomic mass is 10.1. The van der Waals surface area contributed by atoms with E-state index in [0.717, 1.165) is 6.92 Å². The number of carbonyl (C=O) groups excluding carboxylic acids is 4. The molecule has 1 aliphatic rings. The van der Waals surface area contributed by atoms with Crippen molar-refractivity contribution in [2.45, 2.75) is 25.1 Å². The number of para-hydroxylation sites is 2. The topological polar surface area (TPSA) is 108 Å². The summed E-state index contributed by atoms with van der Waals surface area (Å²) in [6, 6.07) is 5.06. The van der Waals surface area contributed by atoms with E-state index in [1.54, 1.807) is 24.3 Å². The first-order chi connectivity index (χ1) is 15.7. The van der Waals surface area contributed by atoms with Crippen LogP contribution in [-0.2, 0) is 23.9 Å². The van der Waals surface area contributed by atoms with Crippen LogP contribution in [0.3, 0.4) is 0 Å². The molecule has 188 valence electrons. The number of ether oxygens (including phenoxy) is 1.